The predicted octanol–water partition coefficient (Wildman–Crippen LogP) is -5.11. The van der Waals surface area contributed by atoms with Crippen molar-refractivity contribution in [2.45, 2.75) is 30.5 Å². The van der Waals surface area contributed by atoms with Crippen molar-refractivity contribution in [3.63, 3.8) is 0 Å². The lowest BCUT2D eigenvalue weighted by atomic mass is 9.99. The average molecular weight is 269 g/mol. The highest BCUT2D eigenvalue weighted by molar-refractivity contribution is 5.81. The van der Waals surface area contributed by atoms with E-state index >= 15 is 0 Å². The van der Waals surface area contributed by atoms with Crippen molar-refractivity contribution >= 4 is 5.91 Å². The SMILES string of the molecule is O=C(NCCO)[C@H](O)[C@H](O)[C@@H](O)[C@H](O)[C@H](O)CO. The van der Waals surface area contributed by atoms with Gasteiger partial charge in [-0.1, -0.05) is 0 Å². The van der Waals surface area contributed by atoms with E-state index in [9.17, 15) is 25.2 Å². The quantitative estimate of drug-likeness (QED) is 0.216. The number of carbonyl (C=O) groups is 1. The molecule has 18 heavy (non-hydrogen) atoms. The van der Waals surface area contributed by atoms with Crippen molar-refractivity contribution in [3.8, 4) is 0 Å². The summed E-state index contributed by atoms with van der Waals surface area (Å²) in [5.41, 5.74) is 0. The number of amides is 1. The van der Waals surface area contributed by atoms with Crippen LogP contribution in [0.5, 0.6) is 0 Å². The molecule has 1 amide bonds. The maximum atomic E-state index is 11.2. The fraction of sp³-hybridized carbons (Fsp3) is 0.889. The highest BCUT2D eigenvalue weighted by Crippen LogP contribution is 2.08. The first-order valence-electron chi connectivity index (χ1n) is 5.26. The van der Waals surface area contributed by atoms with E-state index in [1.165, 1.54) is 0 Å². The van der Waals surface area contributed by atoms with E-state index in [1.54, 1.807) is 0 Å². The van der Waals surface area contributed by atoms with Crippen molar-refractivity contribution in [1.29, 1.82) is 0 Å². The normalized spacial score (nSPS) is 19.7. The lowest BCUT2D eigenvalue weighted by molar-refractivity contribution is -0.157. The molecule has 0 heterocycles. The zero-order chi connectivity index (χ0) is 14.3. The van der Waals surface area contributed by atoms with E-state index in [2.05, 4.69) is 0 Å². The van der Waals surface area contributed by atoms with Gasteiger partial charge in [0.05, 0.1) is 13.2 Å². The third-order valence-electron chi connectivity index (χ3n) is 2.28. The van der Waals surface area contributed by atoms with E-state index in [0.29, 0.717) is 0 Å². The molecule has 0 aliphatic heterocycles. The molecule has 0 aromatic rings. The maximum Gasteiger partial charge on any atom is 0.251 e. The minimum Gasteiger partial charge on any atom is -0.395 e. The number of carbonyl (C=O) groups excluding carboxylic acids is 1. The number of nitrogens with one attached hydrogen (secondary N) is 1. The van der Waals surface area contributed by atoms with Gasteiger partial charge < -0.3 is 41.1 Å². The second kappa shape index (κ2) is 8.32. The highest BCUT2D eigenvalue weighted by atomic mass is 16.4. The van der Waals surface area contributed by atoms with Gasteiger partial charge in [-0.2, -0.15) is 0 Å². The molecule has 0 aromatic heterocycles. The van der Waals surface area contributed by atoms with Crippen LogP contribution in [-0.2, 0) is 4.79 Å². The zero-order valence-electron chi connectivity index (χ0n) is 9.55. The molecule has 5 atom stereocenters. The Labute approximate surface area is 103 Å². The first kappa shape index (κ1) is 17.2. The number of hydrogen-bond acceptors (Lipinski definition) is 8. The summed E-state index contributed by atoms with van der Waals surface area (Å²) in [5.74, 6) is -1.05. The van der Waals surface area contributed by atoms with Crippen LogP contribution in [0.4, 0.5) is 0 Å². The van der Waals surface area contributed by atoms with E-state index in [0.717, 1.165) is 0 Å². The molecule has 0 aliphatic carbocycles. The Morgan fingerprint density at radius 3 is 1.94 bits per heavy atom. The summed E-state index contributed by atoms with van der Waals surface area (Å²) in [6, 6.07) is 0. The molecule has 0 bridgehead atoms. The van der Waals surface area contributed by atoms with E-state index in [-0.39, 0.29) is 13.2 Å². The lowest BCUT2D eigenvalue weighted by Gasteiger charge is -2.27. The van der Waals surface area contributed by atoms with Gasteiger partial charge in [0.1, 0.15) is 24.4 Å². The summed E-state index contributed by atoms with van der Waals surface area (Å²) in [7, 11) is 0. The molecule has 0 aliphatic rings. The molecule has 0 unspecified atom stereocenters. The summed E-state index contributed by atoms with van der Waals surface area (Å²) in [6.07, 6.45) is -9.78. The van der Waals surface area contributed by atoms with Gasteiger partial charge in [-0.25, -0.2) is 0 Å². The van der Waals surface area contributed by atoms with Crippen LogP contribution in [0.15, 0.2) is 0 Å². The van der Waals surface area contributed by atoms with Crippen LogP contribution in [0, 0.1) is 0 Å². The molecule has 9 heteroatoms. The second-order valence-electron chi connectivity index (χ2n) is 3.68. The van der Waals surface area contributed by atoms with Gasteiger partial charge in [-0.15, -0.1) is 0 Å². The summed E-state index contributed by atoms with van der Waals surface area (Å²) >= 11 is 0. The third kappa shape index (κ3) is 4.82. The van der Waals surface area contributed by atoms with Crippen molar-refractivity contribution in [1.82, 2.24) is 5.32 Å². The third-order valence-corrected chi connectivity index (χ3v) is 2.28. The van der Waals surface area contributed by atoms with Gasteiger partial charge >= 0.3 is 0 Å². The zero-order valence-corrected chi connectivity index (χ0v) is 9.55. The minimum atomic E-state index is -2.06. The molecule has 0 fully saturated rings. The Morgan fingerprint density at radius 2 is 1.50 bits per heavy atom. The molecule has 0 aromatic carbocycles. The summed E-state index contributed by atoms with van der Waals surface area (Å²) < 4.78 is 0. The van der Waals surface area contributed by atoms with Crippen molar-refractivity contribution in [2.24, 2.45) is 0 Å². The minimum absolute atomic E-state index is 0.152. The Balaban J connectivity index is 4.43. The molecule has 9 nitrogen and oxygen atoms in total. The predicted molar refractivity (Wildman–Crippen MR) is 57.2 cm³/mol. The van der Waals surface area contributed by atoms with E-state index < -0.39 is 43.0 Å². The van der Waals surface area contributed by atoms with Gasteiger partial charge in [-0.3, -0.25) is 4.79 Å². The summed E-state index contributed by atoms with van der Waals surface area (Å²) in [5, 5.41) is 65.4. The molecule has 8 N–H and O–H groups in total. The van der Waals surface area contributed by atoms with Gasteiger partial charge in [0.15, 0.2) is 6.10 Å². The van der Waals surface area contributed by atoms with Gasteiger partial charge in [-0.05, 0) is 0 Å². The number of hydrogen-bond donors (Lipinski definition) is 8. The topological polar surface area (TPSA) is 171 Å². The monoisotopic (exact) mass is 269 g/mol. The Bertz CT molecular complexity index is 251. The van der Waals surface area contributed by atoms with Crippen LogP contribution in [0.2, 0.25) is 0 Å². The van der Waals surface area contributed by atoms with Crippen LogP contribution >= 0.6 is 0 Å². The second-order valence-corrected chi connectivity index (χ2v) is 3.68. The lowest BCUT2D eigenvalue weighted by Crippen LogP contribution is -2.54. The summed E-state index contributed by atoms with van der Waals surface area (Å²) in [4.78, 5) is 11.2. The van der Waals surface area contributed by atoms with E-state index in [4.69, 9.17) is 15.3 Å². The number of aliphatic hydroxyl groups excluding tert-OH is 7. The molecule has 0 saturated carbocycles. The van der Waals surface area contributed by atoms with Gasteiger partial charge in [0.2, 0.25) is 0 Å². The van der Waals surface area contributed by atoms with Crippen LogP contribution < -0.4 is 5.32 Å². The molecule has 0 radical (unpaired) electrons. The smallest absolute Gasteiger partial charge is 0.251 e. The van der Waals surface area contributed by atoms with Crippen LogP contribution in [0.1, 0.15) is 0 Å². The Kier molecular flexibility index (Phi) is 7.95. The van der Waals surface area contributed by atoms with Crippen LogP contribution in [0.3, 0.4) is 0 Å². The van der Waals surface area contributed by atoms with Crippen LogP contribution in [-0.4, -0.2) is 91.9 Å². The molecule has 0 rings (SSSR count). The van der Waals surface area contributed by atoms with Crippen molar-refractivity contribution in [2.75, 3.05) is 19.8 Å². The molecule has 0 spiro atoms. The van der Waals surface area contributed by atoms with E-state index in [1.807, 2.05) is 5.32 Å². The molecular weight excluding hydrogens is 250 g/mol. The standard InChI is InChI=1S/C9H19NO8/c11-2-1-10-9(18)8(17)7(16)6(15)5(14)4(13)3-12/h4-8,11-17H,1-3H2,(H,10,18)/t4-,5-,6+,7-,8-/m1/s1. The highest BCUT2D eigenvalue weighted by Gasteiger charge is 2.36. The summed E-state index contributed by atoms with van der Waals surface area (Å²) in [6.45, 7) is -1.39. The number of aliphatic hydroxyl groups is 7. The maximum absolute atomic E-state index is 11.2. The fourth-order valence-electron chi connectivity index (χ4n) is 1.16. The van der Waals surface area contributed by atoms with Crippen molar-refractivity contribution < 1.29 is 40.5 Å². The number of rotatable bonds is 8. The molecule has 108 valence electrons. The van der Waals surface area contributed by atoms with Gasteiger partial charge in [0.25, 0.3) is 5.91 Å². The Morgan fingerprint density at radius 1 is 0.944 bits per heavy atom. The largest absolute Gasteiger partial charge is 0.395 e. The van der Waals surface area contributed by atoms with Gasteiger partial charge in [0, 0.05) is 6.54 Å². The average Bonchev–Trinajstić information content (AvgIpc) is 2.40. The fourth-order valence-corrected chi connectivity index (χ4v) is 1.16. The Hall–Kier alpha value is -0.810. The van der Waals surface area contributed by atoms with Crippen LogP contribution in [0.25, 0.3) is 0 Å². The molecule has 0 saturated heterocycles. The molecular formula is C9H19NO8. The first-order chi connectivity index (χ1) is 8.36. The van der Waals surface area contributed by atoms with Crippen molar-refractivity contribution in [3.05, 3.63) is 0 Å². The first-order valence-corrected chi connectivity index (χ1v) is 5.26.